The molecular formula is C17H24N2O2. The fourth-order valence-corrected chi connectivity index (χ4v) is 3.05. The molecule has 2 fully saturated rings. The fourth-order valence-electron chi connectivity index (χ4n) is 3.05. The lowest BCUT2D eigenvalue weighted by Gasteiger charge is -2.28. The molecule has 0 aromatic heterocycles. The summed E-state index contributed by atoms with van der Waals surface area (Å²) in [6, 6.07) is 8.47. The Labute approximate surface area is 126 Å². The lowest BCUT2D eigenvalue weighted by molar-refractivity contribution is -0.122. The lowest BCUT2D eigenvalue weighted by atomic mass is 10.0. The molecule has 3 rings (SSSR count). The van der Waals surface area contributed by atoms with E-state index in [1.54, 1.807) is 7.11 Å². The zero-order chi connectivity index (χ0) is 14.7. The summed E-state index contributed by atoms with van der Waals surface area (Å²) in [6.07, 6.45) is 4.60. The van der Waals surface area contributed by atoms with Crippen molar-refractivity contribution in [3.63, 3.8) is 0 Å². The van der Waals surface area contributed by atoms with Gasteiger partial charge in [-0.05, 0) is 56.5 Å². The Bertz CT molecular complexity index is 493. The number of hydrogen-bond acceptors (Lipinski definition) is 3. The molecule has 1 saturated heterocycles. The van der Waals surface area contributed by atoms with Crippen LogP contribution in [-0.2, 0) is 4.79 Å². The number of carbonyl (C=O) groups is 1. The van der Waals surface area contributed by atoms with E-state index in [4.69, 9.17) is 4.74 Å². The van der Waals surface area contributed by atoms with Crippen LogP contribution in [0.1, 0.15) is 37.3 Å². The maximum Gasteiger partial charge on any atom is 0.223 e. The van der Waals surface area contributed by atoms with Crippen LogP contribution in [0.4, 0.5) is 0 Å². The molecule has 1 aliphatic heterocycles. The number of likely N-dealkylation sites (tertiary alicyclic amines) is 1. The highest BCUT2D eigenvalue weighted by atomic mass is 16.5. The highest BCUT2D eigenvalue weighted by molar-refractivity contribution is 5.80. The molecule has 1 aromatic rings. The van der Waals surface area contributed by atoms with E-state index in [1.165, 1.54) is 18.4 Å². The maximum absolute atomic E-state index is 11.9. The number of benzene rings is 1. The van der Waals surface area contributed by atoms with Crippen molar-refractivity contribution in [3.05, 3.63) is 29.8 Å². The number of ether oxygens (including phenoxy) is 1. The highest BCUT2D eigenvalue weighted by Gasteiger charge is 2.31. The molecule has 1 atom stereocenters. The second kappa shape index (κ2) is 6.48. The second-order valence-corrected chi connectivity index (χ2v) is 6.05. The third-order valence-electron chi connectivity index (χ3n) is 4.48. The molecule has 2 aliphatic rings. The normalized spacial score (nSPS) is 20.2. The van der Waals surface area contributed by atoms with E-state index in [0.29, 0.717) is 6.54 Å². The predicted octanol–water partition coefficient (Wildman–Crippen LogP) is 2.36. The van der Waals surface area contributed by atoms with E-state index in [1.807, 2.05) is 12.1 Å². The maximum atomic E-state index is 11.9. The van der Waals surface area contributed by atoms with Gasteiger partial charge in [-0.1, -0.05) is 12.1 Å². The van der Waals surface area contributed by atoms with Gasteiger partial charge in [0.25, 0.3) is 0 Å². The molecule has 21 heavy (non-hydrogen) atoms. The molecule has 1 heterocycles. The third-order valence-corrected chi connectivity index (χ3v) is 4.48. The van der Waals surface area contributed by atoms with Crippen LogP contribution in [0.3, 0.4) is 0 Å². The van der Waals surface area contributed by atoms with Crippen LogP contribution in [-0.4, -0.2) is 37.6 Å². The highest BCUT2D eigenvalue weighted by Crippen LogP contribution is 2.30. The summed E-state index contributed by atoms with van der Waals surface area (Å²) in [6.45, 7) is 2.92. The summed E-state index contributed by atoms with van der Waals surface area (Å²) in [7, 11) is 1.69. The molecule has 1 amide bonds. The van der Waals surface area contributed by atoms with Gasteiger partial charge in [-0.3, -0.25) is 9.69 Å². The molecule has 4 nitrogen and oxygen atoms in total. The molecule has 0 spiro atoms. The number of rotatable bonds is 6. The SMILES string of the molecule is COc1cccc(C(CNC(=O)C2CC2)N2CCCC2)c1. The van der Waals surface area contributed by atoms with Crippen LogP contribution < -0.4 is 10.1 Å². The predicted molar refractivity (Wildman–Crippen MR) is 82.3 cm³/mol. The summed E-state index contributed by atoms with van der Waals surface area (Å²) in [5.74, 6) is 1.38. The molecule has 0 bridgehead atoms. The Morgan fingerprint density at radius 1 is 1.38 bits per heavy atom. The minimum atomic E-state index is 0.224. The average Bonchev–Trinajstić information content (AvgIpc) is 3.24. The summed E-state index contributed by atoms with van der Waals surface area (Å²) >= 11 is 0. The second-order valence-electron chi connectivity index (χ2n) is 6.05. The van der Waals surface area contributed by atoms with Gasteiger partial charge >= 0.3 is 0 Å². The number of nitrogens with one attached hydrogen (secondary N) is 1. The lowest BCUT2D eigenvalue weighted by Crippen LogP contribution is -2.37. The van der Waals surface area contributed by atoms with Crippen LogP contribution in [0.2, 0.25) is 0 Å². The van der Waals surface area contributed by atoms with Crippen molar-refractivity contribution in [1.29, 1.82) is 0 Å². The zero-order valence-corrected chi connectivity index (χ0v) is 12.7. The van der Waals surface area contributed by atoms with Gasteiger partial charge in [-0.15, -0.1) is 0 Å². The van der Waals surface area contributed by atoms with Crippen molar-refractivity contribution in [2.24, 2.45) is 5.92 Å². The van der Waals surface area contributed by atoms with Crippen molar-refractivity contribution in [1.82, 2.24) is 10.2 Å². The molecule has 1 aromatic carbocycles. The van der Waals surface area contributed by atoms with Crippen molar-refractivity contribution >= 4 is 5.91 Å². The first-order valence-corrected chi connectivity index (χ1v) is 7.93. The molecule has 1 unspecified atom stereocenters. The number of amides is 1. The molecule has 0 radical (unpaired) electrons. The van der Waals surface area contributed by atoms with Gasteiger partial charge in [0.15, 0.2) is 0 Å². The van der Waals surface area contributed by atoms with E-state index in [2.05, 4.69) is 22.3 Å². The zero-order valence-electron chi connectivity index (χ0n) is 12.7. The minimum Gasteiger partial charge on any atom is -0.497 e. The van der Waals surface area contributed by atoms with Gasteiger partial charge in [0.2, 0.25) is 5.91 Å². The standard InChI is InChI=1S/C17H24N2O2/c1-21-15-6-4-5-14(11-15)16(19-9-2-3-10-19)12-18-17(20)13-7-8-13/h4-6,11,13,16H,2-3,7-10,12H2,1H3,(H,18,20). The average molecular weight is 288 g/mol. The van der Waals surface area contributed by atoms with Crippen LogP contribution in [0.15, 0.2) is 24.3 Å². The van der Waals surface area contributed by atoms with E-state index in [0.717, 1.165) is 31.7 Å². The summed E-state index contributed by atoms with van der Waals surface area (Å²) in [5, 5.41) is 3.14. The molecular weight excluding hydrogens is 264 g/mol. The van der Waals surface area contributed by atoms with E-state index < -0.39 is 0 Å². The molecule has 1 aliphatic carbocycles. The quantitative estimate of drug-likeness (QED) is 0.873. The van der Waals surface area contributed by atoms with Crippen LogP contribution >= 0.6 is 0 Å². The Hall–Kier alpha value is -1.55. The van der Waals surface area contributed by atoms with Crippen molar-refractivity contribution < 1.29 is 9.53 Å². The number of nitrogens with zero attached hydrogens (tertiary/aromatic N) is 1. The van der Waals surface area contributed by atoms with Gasteiger partial charge in [0, 0.05) is 12.5 Å². The summed E-state index contributed by atoms with van der Waals surface area (Å²) in [5.41, 5.74) is 1.23. The van der Waals surface area contributed by atoms with Crippen LogP contribution in [0.25, 0.3) is 0 Å². The van der Waals surface area contributed by atoms with Crippen LogP contribution in [0, 0.1) is 5.92 Å². The molecule has 114 valence electrons. The van der Waals surface area contributed by atoms with E-state index >= 15 is 0 Å². The van der Waals surface area contributed by atoms with Crippen molar-refractivity contribution in [2.75, 3.05) is 26.7 Å². The van der Waals surface area contributed by atoms with Gasteiger partial charge in [-0.2, -0.15) is 0 Å². The molecule has 1 saturated carbocycles. The Morgan fingerprint density at radius 2 is 2.14 bits per heavy atom. The fraction of sp³-hybridized carbons (Fsp3) is 0.588. The smallest absolute Gasteiger partial charge is 0.223 e. The van der Waals surface area contributed by atoms with Crippen molar-refractivity contribution in [3.8, 4) is 5.75 Å². The first-order valence-electron chi connectivity index (χ1n) is 7.93. The van der Waals surface area contributed by atoms with Gasteiger partial charge in [-0.25, -0.2) is 0 Å². The first kappa shape index (κ1) is 14.4. The van der Waals surface area contributed by atoms with E-state index in [9.17, 15) is 4.79 Å². The topological polar surface area (TPSA) is 41.6 Å². The number of hydrogen-bond donors (Lipinski definition) is 1. The third kappa shape index (κ3) is 3.56. The molecule has 4 heteroatoms. The summed E-state index contributed by atoms with van der Waals surface area (Å²) < 4.78 is 5.34. The van der Waals surface area contributed by atoms with Gasteiger partial charge in [0.1, 0.15) is 5.75 Å². The summed E-state index contributed by atoms with van der Waals surface area (Å²) in [4.78, 5) is 14.4. The molecule has 1 N–H and O–H groups in total. The Morgan fingerprint density at radius 3 is 2.81 bits per heavy atom. The number of methoxy groups -OCH3 is 1. The number of carbonyl (C=O) groups excluding carboxylic acids is 1. The first-order chi connectivity index (χ1) is 10.3. The monoisotopic (exact) mass is 288 g/mol. The largest absolute Gasteiger partial charge is 0.497 e. The minimum absolute atomic E-state index is 0.224. The van der Waals surface area contributed by atoms with E-state index in [-0.39, 0.29) is 17.9 Å². The van der Waals surface area contributed by atoms with Gasteiger partial charge < -0.3 is 10.1 Å². The van der Waals surface area contributed by atoms with Gasteiger partial charge in [0.05, 0.1) is 13.2 Å². The van der Waals surface area contributed by atoms with Crippen molar-refractivity contribution in [2.45, 2.75) is 31.7 Å². The Balaban J connectivity index is 1.72. The van der Waals surface area contributed by atoms with Crippen LogP contribution in [0.5, 0.6) is 5.75 Å². The Kier molecular flexibility index (Phi) is 4.44.